The molecule has 24 heavy (non-hydrogen) atoms. The molecule has 0 N–H and O–H groups in total. The van der Waals surface area contributed by atoms with Gasteiger partial charge >= 0.3 is 0 Å². The quantitative estimate of drug-likeness (QED) is 0.379. The van der Waals surface area contributed by atoms with Gasteiger partial charge in [0, 0.05) is 0 Å². The fraction of sp³-hybridized carbons (Fsp3) is 0.130. The van der Waals surface area contributed by atoms with Crippen LogP contribution in [-0.2, 0) is 0 Å². The van der Waals surface area contributed by atoms with E-state index in [4.69, 9.17) is 0 Å². The molecule has 0 radical (unpaired) electrons. The topological polar surface area (TPSA) is 0 Å². The van der Waals surface area contributed by atoms with Crippen molar-refractivity contribution in [2.45, 2.75) is 18.1 Å². The maximum Gasteiger partial charge on any atom is 0.0985 e. The molecule has 122 valence electrons. The van der Waals surface area contributed by atoms with Gasteiger partial charge in [0.1, 0.15) is 0 Å². The Bertz CT molecular complexity index is 698. The Labute approximate surface area is 147 Å². The first-order valence-electron chi connectivity index (χ1n) is 8.36. The lowest BCUT2D eigenvalue weighted by Crippen LogP contribution is -2.47. The van der Waals surface area contributed by atoms with Crippen LogP contribution in [0.4, 0.5) is 0 Å². The van der Waals surface area contributed by atoms with Crippen LogP contribution in [0.1, 0.15) is 5.56 Å². The molecule has 2 aromatic carbocycles. The molecular weight excluding hydrogens is 304 g/mol. The third-order valence-corrected chi connectivity index (χ3v) is 9.36. The van der Waals surface area contributed by atoms with Crippen LogP contribution in [-0.4, -0.2) is 8.07 Å². The summed E-state index contributed by atoms with van der Waals surface area (Å²) in [4.78, 5) is 0. The predicted molar refractivity (Wildman–Crippen MR) is 112 cm³/mol. The van der Waals surface area contributed by atoms with Gasteiger partial charge in [-0.3, -0.25) is 0 Å². The second-order valence-electron chi connectivity index (χ2n) is 6.10. The van der Waals surface area contributed by atoms with E-state index < -0.39 is 8.07 Å². The van der Waals surface area contributed by atoms with Crippen molar-refractivity contribution in [3.63, 3.8) is 0 Å². The molecule has 0 fully saturated rings. The number of benzene rings is 2. The maximum absolute atomic E-state index is 4.12. The summed E-state index contributed by atoms with van der Waals surface area (Å²) in [5, 5.41) is 1.43. The van der Waals surface area contributed by atoms with E-state index in [0.29, 0.717) is 0 Å². The number of hydrogen-bond donors (Lipinski definition) is 0. The molecule has 0 nitrogen and oxygen atoms in total. The highest BCUT2D eigenvalue weighted by molar-refractivity contribution is 6.93. The largest absolute Gasteiger partial charge is 0.103 e. The molecular formula is C23H26Si. The summed E-state index contributed by atoms with van der Waals surface area (Å²) in [6, 6.07) is 20.2. The summed E-state index contributed by atoms with van der Waals surface area (Å²) < 4.78 is 0. The fourth-order valence-corrected chi connectivity index (χ4v) is 7.60. The molecule has 0 bridgehead atoms. The first kappa shape index (κ1) is 18.0. The van der Waals surface area contributed by atoms with Gasteiger partial charge in [-0.2, -0.15) is 0 Å². The van der Waals surface area contributed by atoms with Gasteiger partial charge in [0.15, 0.2) is 0 Å². The monoisotopic (exact) mass is 330 g/mol. The molecule has 1 heteroatoms. The molecule has 0 unspecified atom stereocenters. The predicted octanol–water partition coefficient (Wildman–Crippen LogP) is 6.21. The standard InChI is InChI=1S/C23H26Si/c1-5-17-24(18-6-2,19-7-3)23-16-12-15-22(21(23)8-4)20-13-10-9-11-14-20/h5-16H,1-4,17-19H2. The Morgan fingerprint density at radius 2 is 1.29 bits per heavy atom. The maximum atomic E-state index is 4.12. The molecule has 0 atom stereocenters. The third kappa shape index (κ3) is 3.57. The lowest BCUT2D eigenvalue weighted by atomic mass is 10.00. The van der Waals surface area contributed by atoms with Crippen molar-refractivity contribution < 1.29 is 0 Å². The van der Waals surface area contributed by atoms with Gasteiger partial charge in [-0.1, -0.05) is 84.6 Å². The van der Waals surface area contributed by atoms with E-state index in [-0.39, 0.29) is 0 Å². The molecule has 2 aromatic rings. The first-order chi connectivity index (χ1) is 11.7. The molecule has 0 heterocycles. The van der Waals surface area contributed by atoms with Crippen molar-refractivity contribution in [3.05, 3.63) is 98.6 Å². The van der Waals surface area contributed by atoms with Crippen LogP contribution in [0.15, 0.2) is 93.1 Å². The van der Waals surface area contributed by atoms with E-state index in [9.17, 15) is 0 Å². The molecule has 0 spiro atoms. The third-order valence-electron chi connectivity index (χ3n) is 4.57. The Morgan fingerprint density at radius 1 is 0.708 bits per heavy atom. The Hall–Kier alpha value is -2.38. The second-order valence-corrected chi connectivity index (χ2v) is 10.4. The lowest BCUT2D eigenvalue weighted by molar-refractivity contribution is 1.38. The van der Waals surface area contributed by atoms with E-state index in [2.05, 4.69) is 87.0 Å². The Balaban J connectivity index is 2.71. The van der Waals surface area contributed by atoms with Crippen molar-refractivity contribution in [1.82, 2.24) is 0 Å². The molecule has 0 amide bonds. The van der Waals surface area contributed by atoms with E-state index in [0.717, 1.165) is 18.1 Å². The summed E-state index contributed by atoms with van der Waals surface area (Å²) in [7, 11) is -1.83. The molecule has 2 rings (SSSR count). The second kappa shape index (κ2) is 8.46. The van der Waals surface area contributed by atoms with Gasteiger partial charge in [-0.15, -0.1) is 19.7 Å². The summed E-state index contributed by atoms with van der Waals surface area (Å²) >= 11 is 0. The Kier molecular flexibility index (Phi) is 6.33. The zero-order valence-corrected chi connectivity index (χ0v) is 15.4. The fourth-order valence-electron chi connectivity index (χ4n) is 3.53. The van der Waals surface area contributed by atoms with Crippen molar-refractivity contribution in [2.24, 2.45) is 0 Å². The zero-order valence-electron chi connectivity index (χ0n) is 14.4. The number of allylic oxidation sites excluding steroid dienone is 3. The van der Waals surface area contributed by atoms with E-state index in [1.54, 1.807) is 0 Å². The van der Waals surface area contributed by atoms with Gasteiger partial charge in [-0.25, -0.2) is 0 Å². The summed E-state index contributed by atoms with van der Waals surface area (Å²) in [6.07, 6.45) is 8.18. The van der Waals surface area contributed by atoms with Crippen molar-refractivity contribution >= 4 is 19.3 Å². The number of hydrogen-bond acceptors (Lipinski definition) is 0. The van der Waals surface area contributed by atoms with Crippen LogP contribution >= 0.6 is 0 Å². The molecule has 0 aliphatic carbocycles. The minimum absolute atomic E-state index is 1.02. The van der Waals surface area contributed by atoms with E-state index in [1.165, 1.54) is 21.9 Å². The normalized spacial score (nSPS) is 10.8. The SMILES string of the molecule is C=CC[Si](CC=C)(CC=C)c1cccc(-c2ccccc2)c1C=C. The highest BCUT2D eigenvalue weighted by Crippen LogP contribution is 2.30. The van der Waals surface area contributed by atoms with Gasteiger partial charge in [0.25, 0.3) is 0 Å². The van der Waals surface area contributed by atoms with Crippen molar-refractivity contribution in [1.29, 1.82) is 0 Å². The van der Waals surface area contributed by atoms with Gasteiger partial charge in [0.2, 0.25) is 0 Å². The smallest absolute Gasteiger partial charge is 0.0985 e. The van der Waals surface area contributed by atoms with E-state index in [1.807, 2.05) is 12.1 Å². The molecule has 0 aliphatic heterocycles. The average Bonchev–Trinajstić information content (AvgIpc) is 2.62. The van der Waals surface area contributed by atoms with Crippen LogP contribution < -0.4 is 5.19 Å². The van der Waals surface area contributed by atoms with Crippen LogP contribution in [0.25, 0.3) is 17.2 Å². The average molecular weight is 331 g/mol. The van der Waals surface area contributed by atoms with Crippen molar-refractivity contribution in [2.75, 3.05) is 0 Å². The summed E-state index contributed by atoms with van der Waals surface area (Å²) in [6.45, 7) is 16.2. The molecule has 0 saturated heterocycles. The van der Waals surface area contributed by atoms with Gasteiger partial charge in [-0.05, 0) is 34.8 Å². The van der Waals surface area contributed by atoms with Crippen LogP contribution in [0.3, 0.4) is 0 Å². The lowest BCUT2D eigenvalue weighted by Gasteiger charge is -2.32. The highest BCUT2D eigenvalue weighted by Gasteiger charge is 2.33. The van der Waals surface area contributed by atoms with Gasteiger partial charge in [0.05, 0.1) is 8.07 Å². The highest BCUT2D eigenvalue weighted by atomic mass is 28.3. The first-order valence-corrected chi connectivity index (χ1v) is 11.0. The zero-order chi connectivity index (χ0) is 17.4. The van der Waals surface area contributed by atoms with Crippen LogP contribution in [0.2, 0.25) is 18.1 Å². The minimum atomic E-state index is -1.83. The molecule has 0 aliphatic rings. The van der Waals surface area contributed by atoms with Gasteiger partial charge < -0.3 is 0 Å². The minimum Gasteiger partial charge on any atom is -0.103 e. The van der Waals surface area contributed by atoms with Crippen LogP contribution in [0.5, 0.6) is 0 Å². The Morgan fingerprint density at radius 3 is 1.79 bits per heavy atom. The summed E-state index contributed by atoms with van der Waals surface area (Å²) in [5.74, 6) is 0. The molecule has 0 aromatic heterocycles. The van der Waals surface area contributed by atoms with Crippen LogP contribution in [0, 0.1) is 0 Å². The molecule has 0 saturated carbocycles. The van der Waals surface area contributed by atoms with E-state index >= 15 is 0 Å². The summed E-state index contributed by atoms with van der Waals surface area (Å²) in [5.41, 5.74) is 3.73. The number of rotatable bonds is 9. The van der Waals surface area contributed by atoms with Crippen molar-refractivity contribution in [3.8, 4) is 11.1 Å².